The maximum atomic E-state index is 13.4. The highest BCUT2D eigenvalue weighted by Crippen LogP contribution is 2.27. The number of aromatic nitrogens is 1. The van der Waals surface area contributed by atoms with Crippen LogP contribution in [0.3, 0.4) is 0 Å². The first-order chi connectivity index (χ1) is 20.8. The van der Waals surface area contributed by atoms with Crippen LogP contribution in [0.15, 0.2) is 122 Å². The van der Waals surface area contributed by atoms with E-state index in [4.69, 9.17) is 4.42 Å². The van der Waals surface area contributed by atoms with Crippen LogP contribution in [0.25, 0.3) is 17.4 Å². The third-order valence-corrected chi connectivity index (χ3v) is 8.36. The number of thioether (sulfide) groups is 1. The van der Waals surface area contributed by atoms with Gasteiger partial charge in [0.15, 0.2) is 5.13 Å². The van der Waals surface area contributed by atoms with Crippen molar-refractivity contribution in [2.24, 2.45) is 0 Å². The summed E-state index contributed by atoms with van der Waals surface area (Å²) in [5, 5.41) is 10.3. The molecule has 0 aliphatic heterocycles. The van der Waals surface area contributed by atoms with Gasteiger partial charge in [-0.05, 0) is 67.6 Å². The summed E-state index contributed by atoms with van der Waals surface area (Å²) in [6.07, 6.45) is 3.13. The fourth-order valence-corrected chi connectivity index (χ4v) is 5.51. The first kappa shape index (κ1) is 30.0. The molecule has 0 aliphatic carbocycles. The molecule has 0 unspecified atom stereocenters. The zero-order valence-corrected chi connectivity index (χ0v) is 26.0. The molecule has 0 spiro atoms. The molecule has 0 saturated heterocycles. The van der Waals surface area contributed by atoms with Crippen LogP contribution in [0.2, 0.25) is 0 Å². The lowest BCUT2D eigenvalue weighted by Gasteiger charge is -2.13. The van der Waals surface area contributed by atoms with Gasteiger partial charge in [0.1, 0.15) is 17.2 Å². The van der Waals surface area contributed by atoms with Gasteiger partial charge in [-0.1, -0.05) is 46.3 Å². The van der Waals surface area contributed by atoms with Crippen molar-refractivity contribution in [3.05, 3.63) is 124 Å². The van der Waals surface area contributed by atoms with E-state index >= 15 is 0 Å². The van der Waals surface area contributed by atoms with Crippen LogP contribution in [0.1, 0.15) is 23.0 Å². The molecule has 0 fully saturated rings. The maximum Gasteiger partial charge on any atom is 0.272 e. The van der Waals surface area contributed by atoms with Gasteiger partial charge >= 0.3 is 0 Å². The summed E-state index contributed by atoms with van der Waals surface area (Å²) < 4.78 is 6.92. The number of furan rings is 1. The van der Waals surface area contributed by atoms with Crippen molar-refractivity contribution >= 4 is 73.6 Å². The summed E-state index contributed by atoms with van der Waals surface area (Å²) in [5.74, 6) is -0.0906. The third kappa shape index (κ3) is 8.31. The highest BCUT2D eigenvalue weighted by molar-refractivity contribution is 9.10. The van der Waals surface area contributed by atoms with Gasteiger partial charge < -0.3 is 20.4 Å². The summed E-state index contributed by atoms with van der Waals surface area (Å²) in [4.78, 5) is 43.7. The van der Waals surface area contributed by atoms with E-state index in [1.807, 2.05) is 49.4 Å². The van der Waals surface area contributed by atoms with E-state index in [0.717, 1.165) is 14.9 Å². The number of rotatable bonds is 10. The summed E-state index contributed by atoms with van der Waals surface area (Å²) in [7, 11) is 0. The zero-order chi connectivity index (χ0) is 30.2. The molecule has 3 aromatic carbocycles. The van der Waals surface area contributed by atoms with Crippen molar-refractivity contribution < 1.29 is 18.8 Å². The number of carbonyl (C=O) groups is 3. The van der Waals surface area contributed by atoms with Crippen molar-refractivity contribution in [2.45, 2.75) is 17.1 Å². The highest BCUT2D eigenvalue weighted by atomic mass is 79.9. The molecule has 5 aromatic rings. The smallest absolute Gasteiger partial charge is 0.272 e. The Kier molecular flexibility index (Phi) is 9.88. The van der Waals surface area contributed by atoms with Crippen LogP contribution in [-0.4, -0.2) is 28.0 Å². The standard InChI is InChI=1S/C32H25BrN4O4S2/c1-20(29(38)37-32-34-17-18-42-32)43-26-14-11-24(12-15-26)35-31(40)27(36-30(39)22-5-3-2-4-6-22)19-25-13-16-28(41-25)21-7-9-23(33)10-8-21/h2-20H,1H3,(H,35,40)(H,36,39)(H,34,37,38)/b27-19-/t20-/m0/s1. The highest BCUT2D eigenvalue weighted by Gasteiger charge is 2.18. The lowest BCUT2D eigenvalue weighted by Crippen LogP contribution is -2.30. The van der Waals surface area contributed by atoms with Crippen LogP contribution in [-0.2, 0) is 9.59 Å². The Hall–Kier alpha value is -4.45. The van der Waals surface area contributed by atoms with Gasteiger partial charge in [-0.15, -0.1) is 23.1 Å². The Morgan fingerprint density at radius 1 is 0.930 bits per heavy atom. The first-order valence-electron chi connectivity index (χ1n) is 13.1. The molecule has 0 bridgehead atoms. The molecule has 3 amide bonds. The molecule has 8 nitrogen and oxygen atoms in total. The van der Waals surface area contributed by atoms with E-state index in [0.29, 0.717) is 27.9 Å². The minimum absolute atomic E-state index is 0.0106. The largest absolute Gasteiger partial charge is 0.457 e. The second-order valence-corrected chi connectivity index (χ2v) is 12.4. The van der Waals surface area contributed by atoms with Crippen molar-refractivity contribution in [1.29, 1.82) is 0 Å². The number of hydrogen-bond donors (Lipinski definition) is 3. The van der Waals surface area contributed by atoms with Crippen molar-refractivity contribution in [2.75, 3.05) is 10.6 Å². The molecule has 0 aliphatic rings. The molecule has 11 heteroatoms. The predicted molar refractivity (Wildman–Crippen MR) is 175 cm³/mol. The maximum absolute atomic E-state index is 13.4. The topological polar surface area (TPSA) is 113 Å². The molecule has 43 heavy (non-hydrogen) atoms. The Balaban J connectivity index is 1.30. The summed E-state index contributed by atoms with van der Waals surface area (Å²) >= 11 is 6.17. The van der Waals surface area contributed by atoms with Gasteiger partial charge in [0.05, 0.1) is 5.25 Å². The molecule has 3 N–H and O–H groups in total. The van der Waals surface area contributed by atoms with E-state index in [2.05, 4.69) is 36.9 Å². The molecule has 2 aromatic heterocycles. The molecule has 0 radical (unpaired) electrons. The number of anilines is 2. The SMILES string of the molecule is C[C@H](Sc1ccc(NC(=O)/C(=C/c2ccc(-c3ccc(Br)cc3)o2)NC(=O)c2ccccc2)cc1)C(=O)Nc1nccs1. The van der Waals surface area contributed by atoms with Gasteiger partial charge in [0.25, 0.3) is 11.8 Å². The van der Waals surface area contributed by atoms with Crippen molar-refractivity contribution in [1.82, 2.24) is 10.3 Å². The van der Waals surface area contributed by atoms with E-state index in [9.17, 15) is 14.4 Å². The van der Waals surface area contributed by atoms with E-state index in [-0.39, 0.29) is 16.9 Å². The molecule has 216 valence electrons. The monoisotopic (exact) mass is 672 g/mol. The Labute approximate surface area is 264 Å². The minimum atomic E-state index is -0.525. The van der Waals surface area contributed by atoms with E-state index in [1.165, 1.54) is 29.2 Å². The number of halogens is 1. The summed E-state index contributed by atoms with van der Waals surface area (Å²) in [6.45, 7) is 1.81. The van der Waals surface area contributed by atoms with E-state index in [1.54, 1.807) is 60.1 Å². The van der Waals surface area contributed by atoms with Crippen molar-refractivity contribution in [3.63, 3.8) is 0 Å². The number of hydrogen-bond acceptors (Lipinski definition) is 7. The molecular weight excluding hydrogens is 648 g/mol. The Bertz CT molecular complexity index is 1740. The molecule has 5 rings (SSSR count). The number of amides is 3. The first-order valence-corrected chi connectivity index (χ1v) is 15.6. The fourth-order valence-electron chi connectivity index (χ4n) is 3.85. The number of nitrogens with one attached hydrogen (secondary N) is 3. The van der Waals surface area contributed by atoms with Crippen LogP contribution in [0, 0.1) is 0 Å². The number of carbonyl (C=O) groups excluding carboxylic acids is 3. The second-order valence-electron chi connectivity index (χ2n) is 9.15. The zero-order valence-electron chi connectivity index (χ0n) is 22.7. The minimum Gasteiger partial charge on any atom is -0.457 e. The number of benzene rings is 3. The quantitative estimate of drug-likeness (QED) is 0.104. The summed E-state index contributed by atoms with van der Waals surface area (Å²) in [6, 6.07) is 26.9. The van der Waals surface area contributed by atoms with Crippen LogP contribution < -0.4 is 16.0 Å². The lowest BCUT2D eigenvalue weighted by molar-refractivity contribution is -0.115. The van der Waals surface area contributed by atoms with Gasteiger partial charge in [-0.25, -0.2) is 4.98 Å². The van der Waals surface area contributed by atoms with Crippen LogP contribution in [0.4, 0.5) is 10.8 Å². The van der Waals surface area contributed by atoms with Gasteiger partial charge in [-0.3, -0.25) is 14.4 Å². The third-order valence-electron chi connectivity index (χ3n) is 6.03. The fraction of sp³-hybridized carbons (Fsp3) is 0.0625. The average molecular weight is 674 g/mol. The Morgan fingerprint density at radius 2 is 1.67 bits per heavy atom. The van der Waals surface area contributed by atoms with Crippen LogP contribution >= 0.6 is 39.0 Å². The van der Waals surface area contributed by atoms with E-state index < -0.39 is 11.8 Å². The molecule has 0 saturated carbocycles. The predicted octanol–water partition coefficient (Wildman–Crippen LogP) is 7.69. The Morgan fingerprint density at radius 3 is 2.37 bits per heavy atom. The van der Waals surface area contributed by atoms with Gasteiger partial charge in [-0.2, -0.15) is 0 Å². The second kappa shape index (κ2) is 14.1. The summed E-state index contributed by atoms with van der Waals surface area (Å²) in [5.41, 5.74) is 1.81. The average Bonchev–Trinajstić information content (AvgIpc) is 3.71. The molecule has 2 heterocycles. The number of thiazole rings is 1. The molecular formula is C32H25BrN4O4S2. The normalized spacial score (nSPS) is 11.9. The number of nitrogens with zero attached hydrogens (tertiary/aromatic N) is 1. The van der Waals surface area contributed by atoms with Crippen molar-refractivity contribution in [3.8, 4) is 11.3 Å². The lowest BCUT2D eigenvalue weighted by atomic mass is 10.2. The molecule has 1 atom stereocenters. The van der Waals surface area contributed by atoms with Gasteiger partial charge in [0, 0.05) is 43.8 Å². The van der Waals surface area contributed by atoms with Crippen LogP contribution in [0.5, 0.6) is 0 Å². The van der Waals surface area contributed by atoms with Gasteiger partial charge in [0.2, 0.25) is 5.91 Å².